The highest BCUT2D eigenvalue weighted by Crippen LogP contribution is 2.22. The lowest BCUT2D eigenvalue weighted by Gasteiger charge is -2.37. The summed E-state index contributed by atoms with van der Waals surface area (Å²) in [6.45, 7) is 8.97. The van der Waals surface area contributed by atoms with Gasteiger partial charge in [-0.3, -0.25) is 9.80 Å². The van der Waals surface area contributed by atoms with Crippen LogP contribution < -0.4 is 5.32 Å². The molecule has 19 heavy (non-hydrogen) atoms. The van der Waals surface area contributed by atoms with Gasteiger partial charge in [0.15, 0.2) is 0 Å². The number of pyridine rings is 1. The molecule has 2 aliphatic rings. The van der Waals surface area contributed by atoms with Crippen LogP contribution in [0.1, 0.15) is 25.5 Å². The lowest BCUT2D eigenvalue weighted by Crippen LogP contribution is -2.49. The SMILES string of the molecule is CCNc1cccc(CN2CCN3CCCC3C2)n1. The quantitative estimate of drug-likeness (QED) is 0.894. The molecule has 0 aromatic carbocycles. The summed E-state index contributed by atoms with van der Waals surface area (Å²) in [6, 6.07) is 7.08. The summed E-state index contributed by atoms with van der Waals surface area (Å²) in [4.78, 5) is 9.89. The van der Waals surface area contributed by atoms with Crippen LogP contribution in [-0.2, 0) is 6.54 Å². The summed E-state index contributed by atoms with van der Waals surface area (Å²) in [7, 11) is 0. The van der Waals surface area contributed by atoms with Gasteiger partial charge in [0.2, 0.25) is 0 Å². The van der Waals surface area contributed by atoms with Gasteiger partial charge in [0.25, 0.3) is 0 Å². The van der Waals surface area contributed by atoms with Crippen molar-refractivity contribution in [3.8, 4) is 0 Å². The fraction of sp³-hybridized carbons (Fsp3) is 0.667. The van der Waals surface area contributed by atoms with Crippen molar-refractivity contribution in [2.45, 2.75) is 32.4 Å². The summed E-state index contributed by atoms with van der Waals surface area (Å²) < 4.78 is 0. The molecule has 2 saturated heterocycles. The Hall–Kier alpha value is -1.13. The predicted molar refractivity (Wildman–Crippen MR) is 78.3 cm³/mol. The van der Waals surface area contributed by atoms with Crippen LogP contribution in [0.5, 0.6) is 0 Å². The van der Waals surface area contributed by atoms with Crippen molar-refractivity contribution in [1.29, 1.82) is 0 Å². The van der Waals surface area contributed by atoms with E-state index in [1.54, 1.807) is 0 Å². The molecular formula is C15H24N4. The molecule has 2 aliphatic heterocycles. The second kappa shape index (κ2) is 5.88. The summed E-state index contributed by atoms with van der Waals surface area (Å²) in [5.41, 5.74) is 1.19. The van der Waals surface area contributed by atoms with Gasteiger partial charge >= 0.3 is 0 Å². The minimum absolute atomic E-state index is 0.797. The van der Waals surface area contributed by atoms with Crippen LogP contribution in [0.15, 0.2) is 18.2 Å². The van der Waals surface area contributed by atoms with Crippen molar-refractivity contribution in [3.05, 3.63) is 23.9 Å². The third kappa shape index (κ3) is 3.07. The van der Waals surface area contributed by atoms with E-state index < -0.39 is 0 Å². The van der Waals surface area contributed by atoms with E-state index in [2.05, 4.69) is 39.2 Å². The lowest BCUT2D eigenvalue weighted by molar-refractivity contribution is 0.0985. The average Bonchev–Trinajstić information content (AvgIpc) is 2.87. The Kier molecular flexibility index (Phi) is 3.99. The summed E-state index contributed by atoms with van der Waals surface area (Å²) >= 11 is 0. The zero-order valence-corrected chi connectivity index (χ0v) is 11.8. The summed E-state index contributed by atoms with van der Waals surface area (Å²) in [5.74, 6) is 1.000. The molecular weight excluding hydrogens is 236 g/mol. The predicted octanol–water partition coefficient (Wildman–Crippen LogP) is 1.79. The van der Waals surface area contributed by atoms with Crippen molar-refractivity contribution in [3.63, 3.8) is 0 Å². The Morgan fingerprint density at radius 1 is 1.32 bits per heavy atom. The number of piperazine rings is 1. The van der Waals surface area contributed by atoms with Gasteiger partial charge in [0.05, 0.1) is 5.69 Å². The van der Waals surface area contributed by atoms with Crippen LogP contribution in [0.4, 0.5) is 5.82 Å². The van der Waals surface area contributed by atoms with Gasteiger partial charge in [-0.15, -0.1) is 0 Å². The van der Waals surface area contributed by atoms with E-state index in [1.165, 1.54) is 44.7 Å². The van der Waals surface area contributed by atoms with E-state index in [-0.39, 0.29) is 0 Å². The molecule has 0 amide bonds. The Bertz CT molecular complexity index is 420. The average molecular weight is 260 g/mol. The number of nitrogens with one attached hydrogen (secondary N) is 1. The number of rotatable bonds is 4. The third-order valence-corrected chi connectivity index (χ3v) is 4.22. The highest BCUT2D eigenvalue weighted by molar-refractivity contribution is 5.34. The van der Waals surface area contributed by atoms with Crippen LogP contribution in [0.25, 0.3) is 0 Å². The molecule has 1 aromatic heterocycles. The topological polar surface area (TPSA) is 31.4 Å². The number of hydrogen-bond acceptors (Lipinski definition) is 4. The maximum Gasteiger partial charge on any atom is 0.126 e. The van der Waals surface area contributed by atoms with E-state index in [4.69, 9.17) is 0 Å². The molecule has 0 aliphatic carbocycles. The van der Waals surface area contributed by atoms with Gasteiger partial charge in [0.1, 0.15) is 5.82 Å². The van der Waals surface area contributed by atoms with Crippen molar-refractivity contribution < 1.29 is 0 Å². The molecule has 2 fully saturated rings. The van der Waals surface area contributed by atoms with Crippen LogP contribution in [-0.4, -0.2) is 53.5 Å². The van der Waals surface area contributed by atoms with E-state index in [0.29, 0.717) is 0 Å². The Morgan fingerprint density at radius 3 is 3.16 bits per heavy atom. The molecule has 1 N–H and O–H groups in total. The van der Waals surface area contributed by atoms with Crippen LogP contribution >= 0.6 is 0 Å². The van der Waals surface area contributed by atoms with E-state index >= 15 is 0 Å². The van der Waals surface area contributed by atoms with Gasteiger partial charge in [0, 0.05) is 38.8 Å². The van der Waals surface area contributed by atoms with Crippen LogP contribution in [0.3, 0.4) is 0 Å². The van der Waals surface area contributed by atoms with Gasteiger partial charge in [-0.1, -0.05) is 6.07 Å². The Balaban J connectivity index is 1.60. The first kappa shape index (κ1) is 12.9. The number of aromatic nitrogens is 1. The van der Waals surface area contributed by atoms with Gasteiger partial charge in [-0.25, -0.2) is 4.98 Å². The first-order valence-corrected chi connectivity index (χ1v) is 7.51. The summed E-state index contributed by atoms with van der Waals surface area (Å²) in [6.07, 6.45) is 2.76. The van der Waals surface area contributed by atoms with E-state index in [9.17, 15) is 0 Å². The molecule has 3 heterocycles. The highest BCUT2D eigenvalue weighted by atomic mass is 15.3. The Morgan fingerprint density at radius 2 is 2.26 bits per heavy atom. The summed E-state index contributed by atoms with van der Waals surface area (Å²) in [5, 5.41) is 3.28. The second-order valence-corrected chi connectivity index (χ2v) is 5.61. The number of hydrogen-bond donors (Lipinski definition) is 1. The van der Waals surface area contributed by atoms with Crippen LogP contribution in [0.2, 0.25) is 0 Å². The van der Waals surface area contributed by atoms with Crippen LogP contribution in [0, 0.1) is 0 Å². The Labute approximate surface area is 115 Å². The van der Waals surface area contributed by atoms with Crippen molar-refractivity contribution in [2.24, 2.45) is 0 Å². The minimum atomic E-state index is 0.797. The minimum Gasteiger partial charge on any atom is -0.370 e. The lowest BCUT2D eigenvalue weighted by atomic mass is 10.1. The largest absolute Gasteiger partial charge is 0.370 e. The zero-order valence-electron chi connectivity index (χ0n) is 11.8. The molecule has 0 radical (unpaired) electrons. The molecule has 4 nitrogen and oxygen atoms in total. The first-order chi connectivity index (χ1) is 9.35. The molecule has 1 unspecified atom stereocenters. The van der Waals surface area contributed by atoms with Gasteiger partial charge < -0.3 is 5.32 Å². The standard InChI is InChI=1S/C15H24N4/c1-2-16-15-7-3-5-13(17-15)11-18-9-10-19-8-4-6-14(19)12-18/h3,5,7,14H,2,4,6,8-12H2,1H3,(H,16,17). The van der Waals surface area contributed by atoms with Crippen molar-refractivity contribution in [2.75, 3.05) is 38.0 Å². The fourth-order valence-corrected chi connectivity index (χ4v) is 3.28. The first-order valence-electron chi connectivity index (χ1n) is 7.51. The zero-order chi connectivity index (χ0) is 13.1. The number of nitrogens with zero attached hydrogens (tertiary/aromatic N) is 3. The highest BCUT2D eigenvalue weighted by Gasteiger charge is 2.30. The molecule has 3 rings (SSSR count). The maximum atomic E-state index is 4.68. The molecule has 0 saturated carbocycles. The normalized spacial score (nSPS) is 24.4. The second-order valence-electron chi connectivity index (χ2n) is 5.61. The van der Waals surface area contributed by atoms with Gasteiger partial charge in [-0.2, -0.15) is 0 Å². The molecule has 1 atom stereocenters. The molecule has 0 bridgehead atoms. The smallest absolute Gasteiger partial charge is 0.126 e. The van der Waals surface area contributed by atoms with Gasteiger partial charge in [-0.05, 0) is 38.4 Å². The fourth-order valence-electron chi connectivity index (χ4n) is 3.28. The maximum absolute atomic E-state index is 4.68. The molecule has 1 aromatic rings. The van der Waals surface area contributed by atoms with Crippen molar-refractivity contribution >= 4 is 5.82 Å². The van der Waals surface area contributed by atoms with E-state index in [0.717, 1.165) is 24.9 Å². The molecule has 104 valence electrons. The molecule has 4 heteroatoms. The van der Waals surface area contributed by atoms with E-state index in [1.807, 2.05) is 6.07 Å². The monoisotopic (exact) mass is 260 g/mol. The number of anilines is 1. The van der Waals surface area contributed by atoms with Crippen molar-refractivity contribution in [1.82, 2.24) is 14.8 Å². The third-order valence-electron chi connectivity index (χ3n) is 4.22. The molecule has 0 spiro atoms. The number of fused-ring (bicyclic) bond motifs is 1.